The minimum Gasteiger partial charge on any atom is -0.428 e. The van der Waals surface area contributed by atoms with Crippen molar-refractivity contribution in [2.45, 2.75) is 38.6 Å². The molecule has 32 heavy (non-hydrogen) atoms. The van der Waals surface area contributed by atoms with E-state index in [0.717, 1.165) is 29.8 Å². The number of halogens is 6. The fourth-order valence-electron chi connectivity index (χ4n) is 2.78. The van der Waals surface area contributed by atoms with E-state index in [1.807, 2.05) is 0 Å². The zero-order valence-electron chi connectivity index (χ0n) is 16.1. The second-order valence-electron chi connectivity index (χ2n) is 6.83. The average molecular weight is 476 g/mol. The summed E-state index contributed by atoms with van der Waals surface area (Å²) in [5.41, 5.74) is 0.417. The van der Waals surface area contributed by atoms with Gasteiger partial charge in [0.25, 0.3) is 12.0 Å². The Morgan fingerprint density at radius 1 is 1.16 bits per heavy atom. The molecular weight excluding hydrogens is 461 g/mol. The van der Waals surface area contributed by atoms with Gasteiger partial charge in [0.15, 0.2) is 6.10 Å². The Labute approximate surface area is 183 Å². The summed E-state index contributed by atoms with van der Waals surface area (Å²) >= 11 is 6.35. The van der Waals surface area contributed by atoms with Crippen LogP contribution in [-0.2, 0) is 11.3 Å². The summed E-state index contributed by atoms with van der Waals surface area (Å²) in [6, 6.07) is 4.04. The molecule has 2 heterocycles. The normalized spacial score (nSPS) is 16.9. The number of rotatable bonds is 3. The lowest BCUT2D eigenvalue weighted by Crippen LogP contribution is -2.25. The van der Waals surface area contributed by atoms with Gasteiger partial charge in [-0.1, -0.05) is 23.4 Å². The number of carbonyl (C=O) groups is 1. The lowest BCUT2D eigenvalue weighted by molar-refractivity contribution is 0.00818. The maximum atomic E-state index is 12.7. The molecule has 0 spiro atoms. The van der Waals surface area contributed by atoms with Gasteiger partial charge in [0.2, 0.25) is 0 Å². The molecule has 1 fully saturated rings. The summed E-state index contributed by atoms with van der Waals surface area (Å²) in [6.07, 6.45) is -1.03. The number of benzene rings is 1. The number of hydrogen-bond donors (Lipinski definition) is 1. The summed E-state index contributed by atoms with van der Waals surface area (Å²) in [4.78, 5) is 27.5. The van der Waals surface area contributed by atoms with E-state index in [1.54, 1.807) is 12.1 Å². The number of anilines is 1. The van der Waals surface area contributed by atoms with Gasteiger partial charge < -0.3 is 4.74 Å². The Kier molecular flexibility index (Phi) is 7.35. The Bertz CT molecular complexity index is 1120. The molecule has 0 unspecified atom stereocenters. The molecule has 1 aromatic carbocycles. The topological polar surface area (TPSA) is 73.2 Å². The van der Waals surface area contributed by atoms with Crippen LogP contribution in [0.3, 0.4) is 0 Å². The minimum atomic E-state index is -3.67. The van der Waals surface area contributed by atoms with Gasteiger partial charge in [-0.25, -0.2) is 18.6 Å². The van der Waals surface area contributed by atoms with E-state index >= 15 is 0 Å². The van der Waals surface area contributed by atoms with Crippen molar-refractivity contribution >= 4 is 23.4 Å². The smallest absolute Gasteiger partial charge is 0.413 e. The van der Waals surface area contributed by atoms with Crippen LogP contribution in [0.25, 0.3) is 0 Å². The van der Waals surface area contributed by atoms with Gasteiger partial charge in [0.05, 0.1) is 18.6 Å². The van der Waals surface area contributed by atoms with E-state index in [4.69, 9.17) is 16.3 Å². The average Bonchev–Trinajstić information content (AvgIpc) is 3.52. The van der Waals surface area contributed by atoms with E-state index in [1.165, 1.54) is 0 Å². The van der Waals surface area contributed by atoms with Gasteiger partial charge in [-0.3, -0.25) is 14.7 Å². The van der Waals surface area contributed by atoms with Crippen molar-refractivity contribution in [1.82, 2.24) is 9.55 Å². The monoisotopic (exact) mass is 475 g/mol. The van der Waals surface area contributed by atoms with Gasteiger partial charge in [-0.05, 0) is 30.5 Å². The highest BCUT2D eigenvalue weighted by Gasteiger charge is 2.27. The van der Waals surface area contributed by atoms with Crippen LogP contribution in [-0.4, -0.2) is 22.3 Å². The fourth-order valence-corrected chi connectivity index (χ4v) is 3.01. The SMILES string of the molecule is FC(F)F.O=C1Nc2cc(Cn3cnc(C(F)F)cc3=O)c(Cl)cc2[C@H](C#CC2CC2)O1. The highest BCUT2D eigenvalue weighted by molar-refractivity contribution is 6.31. The molecule has 0 radical (unpaired) electrons. The Hall–Kier alpha value is -3.13. The third kappa shape index (κ3) is 6.20. The zero-order chi connectivity index (χ0) is 23.4. The van der Waals surface area contributed by atoms with Crippen molar-refractivity contribution < 1.29 is 31.5 Å². The van der Waals surface area contributed by atoms with Crippen molar-refractivity contribution in [3.63, 3.8) is 0 Å². The second-order valence-corrected chi connectivity index (χ2v) is 7.24. The third-order valence-electron chi connectivity index (χ3n) is 4.42. The lowest BCUT2D eigenvalue weighted by atomic mass is 10.0. The quantitative estimate of drug-likeness (QED) is 0.496. The van der Waals surface area contributed by atoms with Crippen LogP contribution in [0.5, 0.6) is 0 Å². The van der Waals surface area contributed by atoms with E-state index in [-0.39, 0.29) is 6.54 Å². The number of carbonyl (C=O) groups excluding carboxylic acids is 1. The maximum Gasteiger partial charge on any atom is 0.413 e. The number of nitrogens with zero attached hydrogens (tertiary/aromatic N) is 2. The molecule has 1 aliphatic heterocycles. The van der Waals surface area contributed by atoms with Crippen molar-refractivity contribution in [2.24, 2.45) is 5.92 Å². The predicted molar refractivity (Wildman–Crippen MR) is 104 cm³/mol. The summed E-state index contributed by atoms with van der Waals surface area (Å²) < 4.78 is 60.7. The highest BCUT2D eigenvalue weighted by Crippen LogP contribution is 2.36. The molecule has 1 saturated carbocycles. The molecular formula is C20H15ClF5N3O3. The molecule has 4 rings (SSSR count). The number of fused-ring (bicyclic) bond motifs is 1. The van der Waals surface area contributed by atoms with E-state index < -0.39 is 36.6 Å². The number of alkyl halides is 5. The van der Waals surface area contributed by atoms with Gasteiger partial charge >= 0.3 is 12.8 Å². The fraction of sp³-hybridized carbons (Fsp3) is 0.350. The van der Waals surface area contributed by atoms with E-state index in [9.17, 15) is 31.5 Å². The van der Waals surface area contributed by atoms with Gasteiger partial charge in [0, 0.05) is 22.6 Å². The third-order valence-corrected chi connectivity index (χ3v) is 4.78. The molecule has 2 aromatic rings. The molecule has 1 amide bonds. The van der Waals surface area contributed by atoms with Gasteiger partial charge in [0.1, 0.15) is 5.69 Å². The van der Waals surface area contributed by atoms with Gasteiger partial charge in [-0.2, -0.15) is 13.2 Å². The summed E-state index contributed by atoms with van der Waals surface area (Å²) in [5.74, 6) is 6.38. The summed E-state index contributed by atoms with van der Waals surface area (Å²) in [5, 5.41) is 2.93. The van der Waals surface area contributed by atoms with Crippen LogP contribution in [0.1, 0.15) is 42.2 Å². The second kappa shape index (κ2) is 9.99. The number of amides is 1. The summed E-state index contributed by atoms with van der Waals surface area (Å²) in [6.45, 7) is -3.66. The summed E-state index contributed by atoms with van der Waals surface area (Å²) in [7, 11) is 0. The molecule has 1 N–H and O–H groups in total. The number of hydrogen-bond acceptors (Lipinski definition) is 4. The highest BCUT2D eigenvalue weighted by atomic mass is 35.5. The van der Waals surface area contributed by atoms with Crippen molar-refractivity contribution in [2.75, 3.05) is 5.32 Å². The van der Waals surface area contributed by atoms with E-state index in [2.05, 4.69) is 22.1 Å². The first-order chi connectivity index (χ1) is 15.1. The molecule has 1 atom stereocenters. The minimum absolute atomic E-state index is 0.0105. The maximum absolute atomic E-state index is 12.7. The van der Waals surface area contributed by atoms with E-state index in [0.29, 0.717) is 27.8 Å². The van der Waals surface area contributed by atoms with Crippen LogP contribution < -0.4 is 10.9 Å². The van der Waals surface area contributed by atoms with Crippen molar-refractivity contribution in [1.29, 1.82) is 0 Å². The molecule has 6 nitrogen and oxygen atoms in total. The first kappa shape index (κ1) is 23.5. The molecule has 0 bridgehead atoms. The van der Waals surface area contributed by atoms with Gasteiger partial charge in [-0.15, -0.1) is 0 Å². The number of cyclic esters (lactones) is 1. The largest absolute Gasteiger partial charge is 0.428 e. The molecule has 1 aliphatic carbocycles. The van der Waals surface area contributed by atoms with Crippen molar-refractivity contribution in [3.8, 4) is 11.8 Å². The first-order valence-corrected chi connectivity index (χ1v) is 9.59. The Balaban J connectivity index is 0.000000668. The molecule has 170 valence electrons. The predicted octanol–water partition coefficient (Wildman–Crippen LogP) is 5.08. The van der Waals surface area contributed by atoms with Crippen molar-refractivity contribution in [3.05, 3.63) is 56.7 Å². The molecule has 12 heteroatoms. The van der Waals surface area contributed by atoms with Crippen LogP contribution in [0, 0.1) is 17.8 Å². The molecule has 0 saturated heterocycles. The number of aromatic nitrogens is 2. The number of nitrogens with one attached hydrogen (secondary N) is 1. The van der Waals surface area contributed by atoms with Crippen LogP contribution >= 0.6 is 11.6 Å². The number of ether oxygens (including phenoxy) is 1. The van der Waals surface area contributed by atoms with Crippen LogP contribution in [0.4, 0.5) is 32.4 Å². The molecule has 2 aliphatic rings. The van der Waals surface area contributed by atoms with Crippen LogP contribution in [0.2, 0.25) is 5.02 Å². The first-order valence-electron chi connectivity index (χ1n) is 9.21. The lowest BCUT2D eigenvalue weighted by Gasteiger charge is -2.24. The van der Waals surface area contributed by atoms with Crippen LogP contribution in [0.15, 0.2) is 29.3 Å². The standard InChI is InChI=1S/C19H14ClF2N3O3.CHF3/c20-13-6-12-14(24-19(27)28-16(12)4-3-10-1-2-10)5-11(13)8-25-9-23-15(18(21)22)7-17(25)26;2-1(3)4/h5-7,9-10,16,18H,1-2,8H2,(H,24,27);1H/t16-;/m0./s1. The Morgan fingerprint density at radius 3 is 2.44 bits per heavy atom. The Morgan fingerprint density at radius 2 is 1.84 bits per heavy atom. The zero-order valence-corrected chi connectivity index (χ0v) is 16.9. The molecule has 1 aromatic heterocycles.